The molecule has 0 bridgehead atoms. The number of nitrogens with one attached hydrogen (secondary N) is 1. The molecular weight excluding hydrogens is 264 g/mol. The molecule has 1 N–H and O–H groups in total. The maximum absolute atomic E-state index is 11.8. The quantitative estimate of drug-likeness (QED) is 0.453. The van der Waals surface area contributed by atoms with Crippen molar-refractivity contribution in [2.45, 2.75) is 33.1 Å². The maximum Gasteiger partial charge on any atom is 0.261 e. The van der Waals surface area contributed by atoms with Crippen LogP contribution in [0.2, 0.25) is 0 Å². The summed E-state index contributed by atoms with van der Waals surface area (Å²) in [5, 5.41) is 11.8. The molecule has 1 aromatic rings. The fourth-order valence-electron chi connectivity index (χ4n) is 1.67. The van der Waals surface area contributed by atoms with Crippen LogP contribution in [0, 0.1) is 11.3 Å². The lowest BCUT2D eigenvalue weighted by atomic mass is 10.1. The highest BCUT2D eigenvalue weighted by Gasteiger charge is 2.07. The predicted octanol–water partition coefficient (Wildman–Crippen LogP) is 3.30. The van der Waals surface area contributed by atoms with Crippen LogP contribution in [0.1, 0.15) is 38.7 Å². The van der Waals surface area contributed by atoms with Gasteiger partial charge >= 0.3 is 0 Å². The third kappa shape index (κ3) is 6.13. The molecule has 0 atom stereocenters. The van der Waals surface area contributed by atoms with Crippen molar-refractivity contribution in [3.8, 4) is 11.8 Å². The van der Waals surface area contributed by atoms with Gasteiger partial charge in [-0.1, -0.05) is 32.4 Å². The Morgan fingerprint density at radius 2 is 2.00 bits per heavy atom. The van der Waals surface area contributed by atoms with E-state index in [1.165, 1.54) is 0 Å². The molecule has 0 spiro atoms. The lowest BCUT2D eigenvalue weighted by Crippen LogP contribution is -2.25. The number of carbonyl (C=O) groups is 1. The van der Waals surface area contributed by atoms with E-state index in [-0.39, 0.29) is 11.5 Å². The van der Waals surface area contributed by atoms with Crippen molar-refractivity contribution in [2.75, 3.05) is 13.2 Å². The van der Waals surface area contributed by atoms with E-state index >= 15 is 0 Å². The van der Waals surface area contributed by atoms with Crippen molar-refractivity contribution in [3.63, 3.8) is 0 Å². The summed E-state index contributed by atoms with van der Waals surface area (Å²) in [6.45, 7) is 5.37. The molecule has 0 aliphatic heterocycles. The predicted molar refractivity (Wildman–Crippen MR) is 83.7 cm³/mol. The standard InChI is InChI=1S/C17H22N2O2/c1-3-5-10-19-17(20)15(13-18)12-14-6-8-16(9-7-14)21-11-4-2/h6-9,12H,3-5,10-11H2,1-2H3,(H,19,20)/b15-12-. The van der Waals surface area contributed by atoms with Gasteiger partial charge in [0.15, 0.2) is 0 Å². The van der Waals surface area contributed by atoms with Crippen molar-refractivity contribution < 1.29 is 9.53 Å². The van der Waals surface area contributed by atoms with E-state index in [1.54, 1.807) is 6.08 Å². The summed E-state index contributed by atoms with van der Waals surface area (Å²) in [6.07, 6.45) is 4.46. The number of hydrogen-bond acceptors (Lipinski definition) is 3. The summed E-state index contributed by atoms with van der Waals surface area (Å²) in [4.78, 5) is 11.8. The first kappa shape index (κ1) is 16.8. The maximum atomic E-state index is 11.8. The zero-order chi connectivity index (χ0) is 15.5. The summed E-state index contributed by atoms with van der Waals surface area (Å²) < 4.78 is 5.49. The van der Waals surface area contributed by atoms with Crippen LogP contribution in [0.4, 0.5) is 0 Å². The topological polar surface area (TPSA) is 62.1 Å². The molecule has 0 heterocycles. The molecule has 21 heavy (non-hydrogen) atoms. The van der Waals surface area contributed by atoms with Crippen molar-refractivity contribution in [3.05, 3.63) is 35.4 Å². The highest BCUT2D eigenvalue weighted by atomic mass is 16.5. The number of carbonyl (C=O) groups excluding carboxylic acids is 1. The Kier molecular flexibility index (Phi) is 7.67. The van der Waals surface area contributed by atoms with Crippen LogP contribution in [0.5, 0.6) is 5.75 Å². The van der Waals surface area contributed by atoms with Crippen molar-refractivity contribution in [1.82, 2.24) is 5.32 Å². The minimum atomic E-state index is -0.322. The van der Waals surface area contributed by atoms with Gasteiger partial charge in [0.05, 0.1) is 6.61 Å². The van der Waals surface area contributed by atoms with Gasteiger partial charge in [-0.05, 0) is 36.6 Å². The molecule has 0 radical (unpaired) electrons. The van der Waals surface area contributed by atoms with E-state index in [9.17, 15) is 4.79 Å². The van der Waals surface area contributed by atoms with Crippen LogP contribution < -0.4 is 10.1 Å². The number of rotatable bonds is 8. The number of benzene rings is 1. The fourth-order valence-corrected chi connectivity index (χ4v) is 1.67. The Morgan fingerprint density at radius 3 is 2.57 bits per heavy atom. The molecule has 1 aromatic carbocycles. The van der Waals surface area contributed by atoms with Crippen LogP contribution in [0.25, 0.3) is 6.08 Å². The Morgan fingerprint density at radius 1 is 1.29 bits per heavy atom. The zero-order valence-electron chi connectivity index (χ0n) is 12.7. The van der Waals surface area contributed by atoms with Crippen molar-refractivity contribution in [1.29, 1.82) is 5.26 Å². The lowest BCUT2D eigenvalue weighted by Gasteiger charge is -2.05. The third-order valence-electron chi connectivity index (χ3n) is 2.84. The Labute approximate surface area is 126 Å². The van der Waals surface area contributed by atoms with Gasteiger partial charge < -0.3 is 10.1 Å². The van der Waals surface area contributed by atoms with Gasteiger partial charge in [0, 0.05) is 6.54 Å². The number of hydrogen-bond donors (Lipinski definition) is 1. The lowest BCUT2D eigenvalue weighted by molar-refractivity contribution is -0.117. The summed E-state index contributed by atoms with van der Waals surface area (Å²) in [6, 6.07) is 9.29. The second kappa shape index (κ2) is 9.60. The van der Waals surface area contributed by atoms with Gasteiger partial charge in [-0.25, -0.2) is 0 Å². The SMILES string of the molecule is CCCCNC(=O)/C(C#N)=C\c1ccc(OCCC)cc1. The van der Waals surface area contributed by atoms with Gasteiger partial charge in [0.2, 0.25) is 0 Å². The first-order valence-corrected chi connectivity index (χ1v) is 7.34. The molecule has 0 fully saturated rings. The molecule has 0 unspecified atom stereocenters. The minimum absolute atomic E-state index is 0.119. The van der Waals surface area contributed by atoms with Crippen LogP contribution in [0.15, 0.2) is 29.8 Å². The normalized spacial score (nSPS) is 10.8. The van der Waals surface area contributed by atoms with E-state index in [2.05, 4.69) is 12.2 Å². The molecule has 112 valence electrons. The number of unbranched alkanes of at least 4 members (excludes halogenated alkanes) is 1. The Hall–Kier alpha value is -2.28. The molecule has 4 heteroatoms. The average Bonchev–Trinajstić information content (AvgIpc) is 2.51. The van der Waals surface area contributed by atoms with Crippen LogP contribution in [-0.2, 0) is 4.79 Å². The smallest absolute Gasteiger partial charge is 0.261 e. The molecule has 0 aliphatic carbocycles. The van der Waals surface area contributed by atoms with Crippen LogP contribution >= 0.6 is 0 Å². The molecule has 1 amide bonds. The molecule has 0 aromatic heterocycles. The molecule has 0 saturated carbocycles. The number of nitriles is 1. The monoisotopic (exact) mass is 286 g/mol. The van der Waals surface area contributed by atoms with E-state index < -0.39 is 0 Å². The molecule has 1 rings (SSSR count). The largest absolute Gasteiger partial charge is 0.494 e. The van der Waals surface area contributed by atoms with Gasteiger partial charge in [-0.15, -0.1) is 0 Å². The number of ether oxygens (including phenoxy) is 1. The van der Waals surface area contributed by atoms with Crippen molar-refractivity contribution >= 4 is 12.0 Å². The van der Waals surface area contributed by atoms with E-state index in [1.807, 2.05) is 37.3 Å². The van der Waals surface area contributed by atoms with Gasteiger partial charge in [-0.2, -0.15) is 5.26 Å². The summed E-state index contributed by atoms with van der Waals surface area (Å²) in [5.41, 5.74) is 0.925. The third-order valence-corrected chi connectivity index (χ3v) is 2.84. The van der Waals surface area contributed by atoms with E-state index in [4.69, 9.17) is 10.00 Å². The Balaban J connectivity index is 2.69. The van der Waals surface area contributed by atoms with Gasteiger partial charge in [0.25, 0.3) is 5.91 Å². The number of amides is 1. The van der Waals surface area contributed by atoms with Gasteiger partial charge in [0.1, 0.15) is 17.4 Å². The second-order valence-electron chi connectivity index (χ2n) is 4.70. The second-order valence-corrected chi connectivity index (χ2v) is 4.70. The summed E-state index contributed by atoms with van der Waals surface area (Å²) in [5.74, 6) is 0.470. The zero-order valence-corrected chi connectivity index (χ0v) is 12.7. The van der Waals surface area contributed by atoms with Crippen LogP contribution in [-0.4, -0.2) is 19.1 Å². The van der Waals surface area contributed by atoms with Crippen LogP contribution in [0.3, 0.4) is 0 Å². The first-order valence-electron chi connectivity index (χ1n) is 7.34. The highest BCUT2D eigenvalue weighted by molar-refractivity contribution is 6.01. The molecule has 4 nitrogen and oxygen atoms in total. The summed E-state index contributed by atoms with van der Waals surface area (Å²) in [7, 11) is 0. The van der Waals surface area contributed by atoms with E-state index in [0.717, 1.165) is 30.6 Å². The molecule has 0 saturated heterocycles. The minimum Gasteiger partial charge on any atom is -0.494 e. The van der Waals surface area contributed by atoms with Gasteiger partial charge in [-0.3, -0.25) is 4.79 Å². The highest BCUT2D eigenvalue weighted by Crippen LogP contribution is 2.14. The molecular formula is C17H22N2O2. The fraction of sp³-hybridized carbons (Fsp3) is 0.412. The summed E-state index contributed by atoms with van der Waals surface area (Å²) >= 11 is 0. The molecule has 0 aliphatic rings. The van der Waals surface area contributed by atoms with Crippen molar-refractivity contribution in [2.24, 2.45) is 0 Å². The number of nitrogens with zero attached hydrogens (tertiary/aromatic N) is 1. The van der Waals surface area contributed by atoms with E-state index in [0.29, 0.717) is 13.2 Å². The first-order chi connectivity index (χ1) is 10.2. The average molecular weight is 286 g/mol. The Bertz CT molecular complexity index is 513.